The molecular weight excluding hydrogens is 495 g/mol. The summed E-state index contributed by atoms with van der Waals surface area (Å²) in [5.74, 6) is 0.120. The zero-order chi connectivity index (χ0) is 25.1. The summed E-state index contributed by atoms with van der Waals surface area (Å²) in [6, 6.07) is 14.4. The van der Waals surface area contributed by atoms with Crippen LogP contribution in [0.25, 0.3) is 17.3 Å². The van der Waals surface area contributed by atoms with Gasteiger partial charge >= 0.3 is 5.76 Å². The Hall–Kier alpha value is -4.17. The predicted octanol–water partition coefficient (Wildman–Crippen LogP) is 5.75. The largest absolute Gasteiger partial charge is 0.488 e. The maximum atomic E-state index is 14.1. The van der Waals surface area contributed by atoms with E-state index in [1.54, 1.807) is 12.1 Å². The van der Waals surface area contributed by atoms with Gasteiger partial charge in [0.15, 0.2) is 11.5 Å². The van der Waals surface area contributed by atoms with Crippen LogP contribution in [0.1, 0.15) is 58.2 Å². The molecule has 3 aromatic heterocycles. The molecule has 0 bridgehead atoms. The van der Waals surface area contributed by atoms with Crippen molar-refractivity contribution in [1.29, 1.82) is 0 Å². The Kier molecular flexibility index (Phi) is 5.04. The number of fused-ring (bicyclic) bond motifs is 3. The van der Waals surface area contributed by atoms with E-state index in [2.05, 4.69) is 31.2 Å². The maximum Gasteiger partial charge on any atom is 0.439 e. The molecule has 0 atom stereocenters. The van der Waals surface area contributed by atoms with Crippen molar-refractivity contribution in [1.82, 2.24) is 19.5 Å². The fraction of sp³-hybridized carbons (Fsp3) is 0.179. The summed E-state index contributed by atoms with van der Waals surface area (Å²) in [6.07, 6.45) is 6.68. The minimum absolute atomic E-state index is 0.265. The summed E-state index contributed by atoms with van der Waals surface area (Å²) in [5.41, 5.74) is 7.41. The van der Waals surface area contributed by atoms with Crippen LogP contribution in [-0.2, 0) is 13.0 Å². The third-order valence-electron chi connectivity index (χ3n) is 6.88. The van der Waals surface area contributed by atoms with E-state index in [9.17, 15) is 9.18 Å². The van der Waals surface area contributed by atoms with Crippen molar-refractivity contribution in [2.75, 3.05) is 0 Å². The summed E-state index contributed by atoms with van der Waals surface area (Å²) in [6.45, 7) is 0.265. The summed E-state index contributed by atoms with van der Waals surface area (Å²) in [4.78, 5) is 19.0. The van der Waals surface area contributed by atoms with Gasteiger partial charge in [-0.25, -0.2) is 14.2 Å². The van der Waals surface area contributed by atoms with Crippen molar-refractivity contribution in [2.24, 2.45) is 0 Å². The monoisotopic (exact) mass is 514 g/mol. The Morgan fingerprint density at radius 3 is 2.84 bits per heavy atom. The first-order chi connectivity index (χ1) is 18.0. The second kappa shape index (κ2) is 8.45. The molecule has 4 heterocycles. The van der Waals surface area contributed by atoms with E-state index in [0.29, 0.717) is 28.7 Å². The van der Waals surface area contributed by atoms with Gasteiger partial charge in [-0.3, -0.25) is 9.51 Å². The summed E-state index contributed by atoms with van der Waals surface area (Å²) in [7, 11) is 0. The van der Waals surface area contributed by atoms with Gasteiger partial charge in [0.25, 0.3) is 0 Å². The lowest BCUT2D eigenvalue weighted by Crippen LogP contribution is -2.01. The number of hydrogen-bond acceptors (Lipinski definition) is 5. The Morgan fingerprint density at radius 2 is 2.03 bits per heavy atom. The van der Waals surface area contributed by atoms with Gasteiger partial charge in [0, 0.05) is 30.2 Å². The van der Waals surface area contributed by atoms with Crippen molar-refractivity contribution in [3.8, 4) is 5.75 Å². The number of aromatic nitrogens is 4. The molecule has 1 aliphatic heterocycles. The van der Waals surface area contributed by atoms with Crippen LogP contribution in [0.2, 0.25) is 5.02 Å². The number of imidazole rings is 1. The first kappa shape index (κ1) is 22.1. The van der Waals surface area contributed by atoms with Crippen LogP contribution in [0.3, 0.4) is 0 Å². The molecule has 7 rings (SSSR count). The van der Waals surface area contributed by atoms with Gasteiger partial charge in [-0.05, 0) is 65.4 Å². The first-order valence-electron chi connectivity index (χ1n) is 12.0. The molecular formula is C28H20ClFN4O3. The second-order valence-corrected chi connectivity index (χ2v) is 9.81. The van der Waals surface area contributed by atoms with E-state index >= 15 is 0 Å². The standard InChI is InChI=1S/C28H20ClFN4O3/c29-22-2-1-9-34-23(26(16-4-5-16)32-27(22)34)11-15-3-7-19-17(10-15)14-36-24-12-18(30)6-8-20(24)21(19)13-25-31-28(35)37-33-25/h1-3,6-10,12-13,16H,4-5,11,14H2,(H,31,33,35)/b21-13+. The van der Waals surface area contributed by atoms with Crippen molar-refractivity contribution in [3.05, 3.63) is 116 Å². The van der Waals surface area contributed by atoms with Crippen LogP contribution in [0.4, 0.5) is 4.39 Å². The Morgan fingerprint density at radius 1 is 1.16 bits per heavy atom. The molecule has 1 fully saturated rings. The Labute approximate surface area is 215 Å². The number of hydrogen-bond donors (Lipinski definition) is 1. The molecule has 0 amide bonds. The zero-order valence-corrected chi connectivity index (χ0v) is 20.3. The molecule has 5 aromatic rings. The van der Waals surface area contributed by atoms with Crippen LogP contribution in [0.15, 0.2) is 64.0 Å². The van der Waals surface area contributed by atoms with E-state index in [0.717, 1.165) is 52.1 Å². The predicted molar refractivity (Wildman–Crippen MR) is 136 cm³/mol. The number of nitrogens with zero attached hydrogens (tertiary/aromatic N) is 3. The molecule has 0 saturated heterocycles. The quantitative estimate of drug-likeness (QED) is 0.330. The third-order valence-corrected chi connectivity index (χ3v) is 7.18. The van der Waals surface area contributed by atoms with Crippen LogP contribution in [-0.4, -0.2) is 19.5 Å². The van der Waals surface area contributed by atoms with Crippen LogP contribution < -0.4 is 10.5 Å². The highest BCUT2D eigenvalue weighted by Crippen LogP contribution is 2.43. The minimum atomic E-state index is -0.647. The topological polar surface area (TPSA) is 85.4 Å². The van der Waals surface area contributed by atoms with E-state index < -0.39 is 11.6 Å². The van der Waals surface area contributed by atoms with E-state index in [1.807, 2.05) is 24.4 Å². The van der Waals surface area contributed by atoms with Gasteiger partial charge in [-0.15, -0.1) is 0 Å². The van der Waals surface area contributed by atoms with E-state index in [1.165, 1.54) is 12.1 Å². The summed E-state index contributed by atoms with van der Waals surface area (Å²) < 4.78 is 26.9. The zero-order valence-electron chi connectivity index (χ0n) is 19.5. The Bertz CT molecular complexity index is 1780. The number of aromatic amines is 1. The second-order valence-electron chi connectivity index (χ2n) is 9.40. The molecule has 2 aromatic carbocycles. The van der Waals surface area contributed by atoms with E-state index in [4.69, 9.17) is 21.3 Å². The smallest absolute Gasteiger partial charge is 0.439 e. The average Bonchev–Trinajstić information content (AvgIpc) is 3.58. The highest BCUT2D eigenvalue weighted by Gasteiger charge is 2.30. The molecule has 184 valence electrons. The maximum absolute atomic E-state index is 14.1. The highest BCUT2D eigenvalue weighted by atomic mass is 35.5. The van der Waals surface area contributed by atoms with Crippen LogP contribution in [0, 0.1) is 5.82 Å². The van der Waals surface area contributed by atoms with Crippen LogP contribution >= 0.6 is 11.6 Å². The molecule has 0 unspecified atom stereocenters. The molecule has 1 N–H and O–H groups in total. The number of nitrogens with one attached hydrogen (secondary N) is 1. The molecule has 1 aliphatic carbocycles. The molecule has 1 saturated carbocycles. The highest BCUT2D eigenvalue weighted by molar-refractivity contribution is 6.33. The molecule has 0 radical (unpaired) electrons. The minimum Gasteiger partial charge on any atom is -0.488 e. The van der Waals surface area contributed by atoms with Gasteiger partial charge in [0.1, 0.15) is 18.2 Å². The number of ether oxygens (including phenoxy) is 1. The number of pyridine rings is 1. The number of rotatable bonds is 4. The third kappa shape index (κ3) is 3.94. The number of halogens is 2. The molecule has 9 heteroatoms. The van der Waals surface area contributed by atoms with Crippen LogP contribution in [0.5, 0.6) is 5.75 Å². The lowest BCUT2D eigenvalue weighted by molar-refractivity contribution is 0.305. The van der Waals surface area contributed by atoms with E-state index in [-0.39, 0.29) is 12.4 Å². The number of benzene rings is 2. The lowest BCUT2D eigenvalue weighted by Gasteiger charge is -2.12. The van der Waals surface area contributed by atoms with Crippen molar-refractivity contribution >= 4 is 28.9 Å². The lowest BCUT2D eigenvalue weighted by atomic mass is 9.92. The fourth-order valence-corrected chi connectivity index (χ4v) is 5.23. The van der Waals surface area contributed by atoms with Crippen molar-refractivity contribution < 1.29 is 13.7 Å². The van der Waals surface area contributed by atoms with Gasteiger partial charge in [-0.1, -0.05) is 35.0 Å². The van der Waals surface area contributed by atoms with Crippen molar-refractivity contribution in [2.45, 2.75) is 31.8 Å². The SMILES string of the molecule is O=c1[nH]c(/C=C2\c3ccc(Cc4c(C5CC5)nc5c(Cl)cccn45)cc3COc3cc(F)ccc32)no1. The first-order valence-corrected chi connectivity index (χ1v) is 12.4. The molecule has 7 nitrogen and oxygen atoms in total. The van der Waals surface area contributed by atoms with Gasteiger partial charge < -0.3 is 9.14 Å². The molecule has 0 spiro atoms. The normalized spacial score (nSPS) is 15.9. The molecule has 2 aliphatic rings. The summed E-state index contributed by atoms with van der Waals surface area (Å²) in [5, 5.41) is 4.42. The summed E-state index contributed by atoms with van der Waals surface area (Å²) >= 11 is 6.46. The molecule has 37 heavy (non-hydrogen) atoms. The van der Waals surface area contributed by atoms with Gasteiger partial charge in [0.2, 0.25) is 0 Å². The Balaban J connectivity index is 1.33. The van der Waals surface area contributed by atoms with Crippen molar-refractivity contribution in [3.63, 3.8) is 0 Å². The van der Waals surface area contributed by atoms with Gasteiger partial charge in [0.05, 0.1) is 16.4 Å². The fourth-order valence-electron chi connectivity index (χ4n) is 5.03. The van der Waals surface area contributed by atoms with Gasteiger partial charge in [-0.2, -0.15) is 0 Å². The number of H-pyrrole nitrogens is 1. The average molecular weight is 515 g/mol.